The van der Waals surface area contributed by atoms with Crippen LogP contribution in [-0.4, -0.2) is 18.0 Å². The molecule has 24 heavy (non-hydrogen) atoms. The highest BCUT2D eigenvalue weighted by Crippen LogP contribution is 2.25. The Morgan fingerprint density at radius 1 is 1.12 bits per heavy atom. The molecule has 0 saturated carbocycles. The van der Waals surface area contributed by atoms with Gasteiger partial charge in [0.15, 0.2) is 0 Å². The van der Waals surface area contributed by atoms with Crippen LogP contribution in [0.4, 0.5) is 5.69 Å². The summed E-state index contributed by atoms with van der Waals surface area (Å²) in [7, 11) is 1.57. The van der Waals surface area contributed by atoms with Gasteiger partial charge in [-0.3, -0.25) is 4.79 Å². The van der Waals surface area contributed by atoms with E-state index >= 15 is 0 Å². The predicted molar refractivity (Wildman–Crippen MR) is 92.0 cm³/mol. The lowest BCUT2D eigenvalue weighted by atomic mass is 10.2. The number of carbonyl (C=O) groups excluding carboxylic acids is 1. The van der Waals surface area contributed by atoms with Crippen LogP contribution >= 0.6 is 0 Å². The third-order valence-electron chi connectivity index (χ3n) is 3.62. The van der Waals surface area contributed by atoms with E-state index in [0.717, 1.165) is 5.56 Å². The summed E-state index contributed by atoms with van der Waals surface area (Å²) in [5.41, 5.74) is 2.23. The third-order valence-corrected chi connectivity index (χ3v) is 3.62. The fourth-order valence-electron chi connectivity index (χ4n) is 2.38. The Morgan fingerprint density at radius 2 is 1.83 bits per heavy atom. The number of carbonyl (C=O) groups is 1. The zero-order valence-electron chi connectivity index (χ0n) is 13.6. The molecule has 0 bridgehead atoms. The van der Waals surface area contributed by atoms with Gasteiger partial charge in [0.05, 0.1) is 24.9 Å². The van der Waals surface area contributed by atoms with Gasteiger partial charge in [-0.25, -0.2) is 4.98 Å². The first-order chi connectivity index (χ1) is 11.7. The van der Waals surface area contributed by atoms with Gasteiger partial charge in [-0.1, -0.05) is 30.3 Å². The topological polar surface area (TPSA) is 64.4 Å². The van der Waals surface area contributed by atoms with E-state index < -0.39 is 0 Å². The number of para-hydroxylation sites is 2. The number of nitrogens with one attached hydrogen (secondary N) is 1. The van der Waals surface area contributed by atoms with Crippen molar-refractivity contribution in [3.8, 4) is 17.2 Å². The summed E-state index contributed by atoms with van der Waals surface area (Å²) in [6, 6.07) is 16.9. The summed E-state index contributed by atoms with van der Waals surface area (Å²) >= 11 is 0. The Hall–Kier alpha value is -3.08. The molecule has 1 heterocycles. The molecule has 1 aromatic heterocycles. The molecule has 0 unspecified atom stereocenters. The molecule has 0 spiro atoms. The molecule has 0 atom stereocenters. The highest BCUT2D eigenvalue weighted by atomic mass is 16.5. The molecule has 0 radical (unpaired) electrons. The van der Waals surface area contributed by atoms with E-state index in [9.17, 15) is 4.79 Å². The van der Waals surface area contributed by atoms with Crippen LogP contribution in [0.25, 0.3) is 11.5 Å². The van der Waals surface area contributed by atoms with Crippen molar-refractivity contribution in [2.45, 2.75) is 13.3 Å². The van der Waals surface area contributed by atoms with Gasteiger partial charge in [0.1, 0.15) is 11.5 Å². The molecule has 0 aliphatic carbocycles. The number of hydrogen-bond acceptors (Lipinski definition) is 4. The molecule has 0 aliphatic heterocycles. The number of anilines is 1. The molecule has 5 heteroatoms. The summed E-state index contributed by atoms with van der Waals surface area (Å²) in [5.74, 6) is 1.51. The number of benzene rings is 2. The van der Waals surface area contributed by atoms with Crippen LogP contribution in [0.5, 0.6) is 5.75 Å². The van der Waals surface area contributed by atoms with E-state index in [1.165, 1.54) is 0 Å². The van der Waals surface area contributed by atoms with E-state index in [4.69, 9.17) is 9.15 Å². The second-order valence-electron chi connectivity index (χ2n) is 5.32. The lowest BCUT2D eigenvalue weighted by molar-refractivity contribution is -0.115. The van der Waals surface area contributed by atoms with Crippen LogP contribution in [-0.2, 0) is 11.2 Å². The normalized spacial score (nSPS) is 10.4. The molecule has 0 aliphatic rings. The fourth-order valence-corrected chi connectivity index (χ4v) is 2.38. The van der Waals surface area contributed by atoms with Crippen molar-refractivity contribution in [3.63, 3.8) is 0 Å². The average Bonchev–Trinajstić information content (AvgIpc) is 2.97. The lowest BCUT2D eigenvalue weighted by Gasteiger charge is -2.09. The Labute approximate surface area is 140 Å². The highest BCUT2D eigenvalue weighted by Gasteiger charge is 2.15. The minimum atomic E-state index is -0.182. The van der Waals surface area contributed by atoms with E-state index in [2.05, 4.69) is 10.3 Å². The van der Waals surface area contributed by atoms with Gasteiger partial charge in [0, 0.05) is 5.56 Å². The minimum Gasteiger partial charge on any atom is -0.495 e. The first-order valence-corrected chi connectivity index (χ1v) is 7.62. The Balaban J connectivity index is 1.74. The molecular weight excluding hydrogens is 304 g/mol. The number of oxazole rings is 1. The van der Waals surface area contributed by atoms with Crippen LogP contribution in [0.1, 0.15) is 11.5 Å². The smallest absolute Gasteiger partial charge is 0.232 e. The number of aromatic nitrogens is 1. The van der Waals surface area contributed by atoms with E-state index in [1.54, 1.807) is 19.2 Å². The average molecular weight is 322 g/mol. The molecule has 0 saturated heterocycles. The van der Waals surface area contributed by atoms with Crippen molar-refractivity contribution in [1.82, 2.24) is 4.98 Å². The second-order valence-corrected chi connectivity index (χ2v) is 5.32. The van der Waals surface area contributed by atoms with Gasteiger partial charge in [0.2, 0.25) is 11.8 Å². The number of methoxy groups -OCH3 is 1. The Bertz CT molecular complexity index is 841. The van der Waals surface area contributed by atoms with Crippen molar-refractivity contribution >= 4 is 11.6 Å². The van der Waals surface area contributed by atoms with Crippen molar-refractivity contribution in [2.75, 3.05) is 12.4 Å². The summed E-state index contributed by atoms with van der Waals surface area (Å²) in [4.78, 5) is 16.7. The SMILES string of the molecule is COc1ccccc1NC(=O)Cc1oc(-c2ccccc2)nc1C. The maximum atomic E-state index is 12.3. The highest BCUT2D eigenvalue weighted by molar-refractivity contribution is 5.93. The van der Waals surface area contributed by atoms with Gasteiger partial charge in [-0.05, 0) is 31.2 Å². The first kappa shape index (κ1) is 15.8. The minimum absolute atomic E-state index is 0.115. The van der Waals surface area contributed by atoms with E-state index in [1.807, 2.05) is 49.4 Å². The summed E-state index contributed by atoms with van der Waals surface area (Å²) in [6.45, 7) is 1.83. The number of hydrogen-bond donors (Lipinski definition) is 1. The van der Waals surface area contributed by atoms with Crippen LogP contribution in [0, 0.1) is 6.92 Å². The molecule has 2 aromatic carbocycles. The summed E-state index contributed by atoms with van der Waals surface area (Å²) < 4.78 is 11.0. The molecule has 122 valence electrons. The van der Waals surface area contributed by atoms with Gasteiger partial charge in [-0.15, -0.1) is 0 Å². The molecule has 1 N–H and O–H groups in total. The first-order valence-electron chi connectivity index (χ1n) is 7.62. The molecule has 5 nitrogen and oxygen atoms in total. The Kier molecular flexibility index (Phi) is 4.61. The summed E-state index contributed by atoms with van der Waals surface area (Å²) in [6.07, 6.45) is 0.115. The summed E-state index contributed by atoms with van der Waals surface area (Å²) in [5, 5.41) is 2.83. The van der Waals surface area contributed by atoms with Crippen molar-refractivity contribution in [1.29, 1.82) is 0 Å². The van der Waals surface area contributed by atoms with Crippen molar-refractivity contribution < 1.29 is 13.9 Å². The van der Waals surface area contributed by atoms with Crippen LogP contribution in [0.3, 0.4) is 0 Å². The number of rotatable bonds is 5. The maximum Gasteiger partial charge on any atom is 0.232 e. The zero-order chi connectivity index (χ0) is 16.9. The van der Waals surface area contributed by atoms with Crippen LogP contribution in [0.15, 0.2) is 59.0 Å². The fraction of sp³-hybridized carbons (Fsp3) is 0.158. The largest absolute Gasteiger partial charge is 0.495 e. The molecule has 1 amide bonds. The second kappa shape index (κ2) is 7.00. The molecule has 0 fully saturated rings. The van der Waals surface area contributed by atoms with Crippen LogP contribution < -0.4 is 10.1 Å². The quantitative estimate of drug-likeness (QED) is 0.775. The number of nitrogens with zero attached hydrogens (tertiary/aromatic N) is 1. The van der Waals surface area contributed by atoms with Gasteiger partial charge >= 0.3 is 0 Å². The van der Waals surface area contributed by atoms with Crippen LogP contribution in [0.2, 0.25) is 0 Å². The number of amides is 1. The molecule has 3 aromatic rings. The Morgan fingerprint density at radius 3 is 2.58 bits per heavy atom. The third kappa shape index (κ3) is 3.46. The van der Waals surface area contributed by atoms with Crippen molar-refractivity contribution in [2.24, 2.45) is 0 Å². The van der Waals surface area contributed by atoms with Crippen molar-refractivity contribution in [3.05, 3.63) is 66.1 Å². The predicted octanol–water partition coefficient (Wildman–Crippen LogP) is 3.84. The molecular formula is C19H18N2O3. The lowest BCUT2D eigenvalue weighted by Crippen LogP contribution is -2.15. The van der Waals surface area contributed by atoms with Gasteiger partial charge < -0.3 is 14.5 Å². The number of aryl methyl sites for hydroxylation is 1. The monoisotopic (exact) mass is 322 g/mol. The maximum absolute atomic E-state index is 12.3. The van der Waals surface area contributed by atoms with Gasteiger partial charge in [0.25, 0.3) is 0 Å². The standard InChI is InChI=1S/C19H18N2O3/c1-13-17(24-19(20-13)14-8-4-3-5-9-14)12-18(22)21-15-10-6-7-11-16(15)23-2/h3-11H,12H2,1-2H3,(H,21,22). The zero-order valence-corrected chi connectivity index (χ0v) is 13.6. The number of ether oxygens (including phenoxy) is 1. The molecule has 3 rings (SSSR count). The van der Waals surface area contributed by atoms with E-state index in [-0.39, 0.29) is 12.3 Å². The van der Waals surface area contributed by atoms with Gasteiger partial charge in [-0.2, -0.15) is 0 Å². The van der Waals surface area contributed by atoms with E-state index in [0.29, 0.717) is 28.8 Å².